The highest BCUT2D eigenvalue weighted by Gasteiger charge is 2.16. The predicted octanol–water partition coefficient (Wildman–Crippen LogP) is 2.62. The molecule has 0 aliphatic carbocycles. The molecule has 1 atom stereocenters. The largest absolute Gasteiger partial charge is 0.467 e. The van der Waals surface area contributed by atoms with E-state index >= 15 is 0 Å². The summed E-state index contributed by atoms with van der Waals surface area (Å²) in [6, 6.07) is 7.62. The molecular formula is C11H10ClFN2O. The van der Waals surface area contributed by atoms with E-state index in [2.05, 4.69) is 5.43 Å². The summed E-state index contributed by atoms with van der Waals surface area (Å²) in [5.41, 5.74) is 3.22. The van der Waals surface area contributed by atoms with Crippen molar-refractivity contribution in [2.24, 2.45) is 5.84 Å². The maximum absolute atomic E-state index is 13.3. The van der Waals surface area contributed by atoms with Gasteiger partial charge in [0.2, 0.25) is 0 Å². The van der Waals surface area contributed by atoms with Crippen LogP contribution in [0.4, 0.5) is 4.39 Å². The summed E-state index contributed by atoms with van der Waals surface area (Å²) in [4.78, 5) is 0. The van der Waals surface area contributed by atoms with Crippen LogP contribution in [0.1, 0.15) is 17.4 Å². The molecule has 3 N–H and O–H groups in total. The van der Waals surface area contributed by atoms with Crippen molar-refractivity contribution in [1.82, 2.24) is 5.43 Å². The van der Waals surface area contributed by atoms with Gasteiger partial charge in [-0.05, 0) is 29.8 Å². The number of furan rings is 1. The lowest BCUT2D eigenvalue weighted by molar-refractivity contribution is 0.451. The molecule has 0 aliphatic heterocycles. The minimum absolute atomic E-state index is 0.0824. The van der Waals surface area contributed by atoms with Crippen LogP contribution in [0, 0.1) is 5.82 Å². The third-order valence-electron chi connectivity index (χ3n) is 2.27. The summed E-state index contributed by atoms with van der Waals surface area (Å²) in [5, 5.41) is 0.0824. The van der Waals surface area contributed by atoms with Crippen LogP contribution in [0.5, 0.6) is 0 Å². The number of nitrogens with two attached hydrogens (primary N) is 1. The summed E-state index contributed by atoms with van der Waals surface area (Å²) >= 11 is 5.60. The highest BCUT2D eigenvalue weighted by Crippen LogP contribution is 2.24. The Balaban J connectivity index is 2.37. The molecule has 1 aromatic carbocycles. The van der Waals surface area contributed by atoms with E-state index in [0.717, 1.165) is 0 Å². The molecule has 16 heavy (non-hydrogen) atoms. The fourth-order valence-corrected chi connectivity index (χ4v) is 1.61. The van der Waals surface area contributed by atoms with Gasteiger partial charge in [0.05, 0.1) is 11.3 Å². The van der Waals surface area contributed by atoms with Gasteiger partial charge in [0.15, 0.2) is 0 Å². The van der Waals surface area contributed by atoms with Crippen molar-refractivity contribution in [3.63, 3.8) is 0 Å². The van der Waals surface area contributed by atoms with E-state index in [9.17, 15) is 4.39 Å². The lowest BCUT2D eigenvalue weighted by Gasteiger charge is -2.13. The Morgan fingerprint density at radius 3 is 2.75 bits per heavy atom. The van der Waals surface area contributed by atoms with Crippen LogP contribution >= 0.6 is 11.6 Å². The first-order chi connectivity index (χ1) is 7.72. The van der Waals surface area contributed by atoms with E-state index < -0.39 is 5.82 Å². The van der Waals surface area contributed by atoms with Crippen LogP contribution in [0.2, 0.25) is 5.02 Å². The Morgan fingerprint density at radius 1 is 1.38 bits per heavy atom. The van der Waals surface area contributed by atoms with Crippen molar-refractivity contribution in [1.29, 1.82) is 0 Å². The van der Waals surface area contributed by atoms with E-state index in [1.54, 1.807) is 18.2 Å². The molecule has 0 fully saturated rings. The van der Waals surface area contributed by atoms with E-state index in [1.807, 2.05) is 0 Å². The smallest absolute Gasteiger partial charge is 0.142 e. The zero-order valence-electron chi connectivity index (χ0n) is 8.28. The van der Waals surface area contributed by atoms with Crippen LogP contribution in [0.15, 0.2) is 41.0 Å². The fourth-order valence-electron chi connectivity index (χ4n) is 1.49. The van der Waals surface area contributed by atoms with E-state index in [0.29, 0.717) is 11.3 Å². The molecule has 0 spiro atoms. The van der Waals surface area contributed by atoms with Crippen molar-refractivity contribution < 1.29 is 8.81 Å². The maximum atomic E-state index is 13.3. The van der Waals surface area contributed by atoms with Crippen LogP contribution in [-0.4, -0.2) is 0 Å². The Morgan fingerprint density at radius 2 is 2.19 bits per heavy atom. The Labute approximate surface area is 97.0 Å². The quantitative estimate of drug-likeness (QED) is 0.641. The van der Waals surface area contributed by atoms with Crippen LogP contribution in [0.25, 0.3) is 0 Å². The average molecular weight is 241 g/mol. The molecule has 0 saturated carbocycles. The molecule has 84 valence electrons. The van der Waals surface area contributed by atoms with E-state index in [1.165, 1.54) is 18.4 Å². The Kier molecular flexibility index (Phi) is 3.24. The highest BCUT2D eigenvalue weighted by atomic mass is 35.5. The molecule has 0 radical (unpaired) electrons. The van der Waals surface area contributed by atoms with Gasteiger partial charge in [0, 0.05) is 0 Å². The van der Waals surface area contributed by atoms with Crippen molar-refractivity contribution in [2.75, 3.05) is 0 Å². The topological polar surface area (TPSA) is 51.2 Å². The minimum atomic E-state index is -0.481. The van der Waals surface area contributed by atoms with Crippen LogP contribution < -0.4 is 11.3 Å². The number of benzene rings is 1. The van der Waals surface area contributed by atoms with Crippen molar-refractivity contribution in [3.05, 3.63) is 58.8 Å². The summed E-state index contributed by atoms with van der Waals surface area (Å²) in [7, 11) is 0. The number of hydrogen-bond acceptors (Lipinski definition) is 3. The third-order valence-corrected chi connectivity index (χ3v) is 2.58. The number of halogens is 2. The van der Waals surface area contributed by atoms with Crippen molar-refractivity contribution >= 4 is 11.6 Å². The molecule has 0 amide bonds. The first-order valence-corrected chi connectivity index (χ1v) is 5.04. The van der Waals surface area contributed by atoms with Crippen molar-refractivity contribution in [2.45, 2.75) is 6.04 Å². The minimum Gasteiger partial charge on any atom is -0.467 e. The summed E-state index contributed by atoms with van der Waals surface area (Å²) in [6.45, 7) is 0. The van der Waals surface area contributed by atoms with E-state index in [-0.39, 0.29) is 11.1 Å². The van der Waals surface area contributed by atoms with E-state index in [4.69, 9.17) is 21.9 Å². The SMILES string of the molecule is NNC(c1ccc(Cl)c(F)c1)c1ccco1. The lowest BCUT2D eigenvalue weighted by Crippen LogP contribution is -2.28. The molecule has 5 heteroatoms. The van der Waals surface area contributed by atoms with Gasteiger partial charge in [0.1, 0.15) is 17.6 Å². The standard InChI is InChI=1S/C11H10ClFN2O/c12-8-4-3-7(6-9(8)13)11(15-14)10-2-1-5-16-10/h1-6,11,15H,14H2. The summed E-state index contributed by atoms with van der Waals surface area (Å²) in [5.74, 6) is 5.55. The maximum Gasteiger partial charge on any atom is 0.142 e. The van der Waals surface area contributed by atoms with Gasteiger partial charge >= 0.3 is 0 Å². The van der Waals surface area contributed by atoms with Gasteiger partial charge in [-0.1, -0.05) is 17.7 Å². The van der Waals surface area contributed by atoms with Gasteiger partial charge in [-0.25, -0.2) is 9.82 Å². The highest BCUT2D eigenvalue weighted by molar-refractivity contribution is 6.30. The van der Waals surface area contributed by atoms with Crippen molar-refractivity contribution in [3.8, 4) is 0 Å². The second kappa shape index (κ2) is 4.65. The Hall–Kier alpha value is -1.36. The zero-order valence-corrected chi connectivity index (χ0v) is 9.04. The fraction of sp³-hybridized carbons (Fsp3) is 0.0909. The first kappa shape index (κ1) is 11.1. The Bertz CT molecular complexity index is 473. The van der Waals surface area contributed by atoms with Crippen LogP contribution in [0.3, 0.4) is 0 Å². The van der Waals surface area contributed by atoms with Gasteiger partial charge < -0.3 is 4.42 Å². The molecule has 2 aromatic rings. The third kappa shape index (κ3) is 2.09. The lowest BCUT2D eigenvalue weighted by atomic mass is 10.1. The van der Waals surface area contributed by atoms with Gasteiger partial charge in [-0.3, -0.25) is 5.84 Å². The average Bonchev–Trinajstić information content (AvgIpc) is 2.78. The molecular weight excluding hydrogens is 231 g/mol. The number of hydrazine groups is 1. The molecule has 0 aliphatic rings. The second-order valence-corrected chi connectivity index (χ2v) is 3.70. The van der Waals surface area contributed by atoms with Gasteiger partial charge in [-0.2, -0.15) is 0 Å². The molecule has 1 heterocycles. The first-order valence-electron chi connectivity index (χ1n) is 4.67. The molecule has 1 unspecified atom stereocenters. The molecule has 3 nitrogen and oxygen atoms in total. The molecule has 0 bridgehead atoms. The second-order valence-electron chi connectivity index (χ2n) is 3.29. The van der Waals surface area contributed by atoms with Gasteiger partial charge in [0.25, 0.3) is 0 Å². The zero-order chi connectivity index (χ0) is 11.5. The summed E-state index contributed by atoms with van der Waals surface area (Å²) in [6.07, 6.45) is 1.53. The van der Waals surface area contributed by atoms with Crippen LogP contribution in [-0.2, 0) is 0 Å². The predicted molar refractivity (Wildman–Crippen MR) is 59.3 cm³/mol. The monoisotopic (exact) mass is 240 g/mol. The summed E-state index contributed by atoms with van der Waals surface area (Å²) < 4.78 is 18.5. The normalized spacial score (nSPS) is 12.7. The number of hydrogen-bond donors (Lipinski definition) is 2. The van der Waals surface area contributed by atoms with Gasteiger partial charge in [-0.15, -0.1) is 0 Å². The molecule has 1 aromatic heterocycles. The number of rotatable bonds is 3. The number of nitrogens with one attached hydrogen (secondary N) is 1. The molecule has 0 saturated heterocycles. The molecule has 2 rings (SSSR count).